The van der Waals surface area contributed by atoms with Crippen LogP contribution in [-0.2, 0) is 14.3 Å². The Kier molecular flexibility index (Phi) is 30.3. The summed E-state index contributed by atoms with van der Waals surface area (Å²) < 4.78 is 11.1. The molecule has 1 amide bonds. The maximum atomic E-state index is 12.9. The van der Waals surface area contributed by atoms with Gasteiger partial charge >= 0.3 is 0 Å². The summed E-state index contributed by atoms with van der Waals surface area (Å²) in [7, 11) is 0. The molecular formula is C42H75NO8. The van der Waals surface area contributed by atoms with E-state index in [-0.39, 0.29) is 12.5 Å². The summed E-state index contributed by atoms with van der Waals surface area (Å²) in [4.78, 5) is 12.9. The molecule has 0 bridgehead atoms. The highest BCUT2D eigenvalue weighted by molar-refractivity contribution is 5.76. The summed E-state index contributed by atoms with van der Waals surface area (Å²) >= 11 is 0. The van der Waals surface area contributed by atoms with Gasteiger partial charge in [-0.15, -0.1) is 0 Å². The van der Waals surface area contributed by atoms with Crippen molar-refractivity contribution in [2.45, 2.75) is 198 Å². The summed E-state index contributed by atoms with van der Waals surface area (Å²) in [5.74, 6) is -0.205. The average Bonchev–Trinajstić information content (AvgIpc) is 3.13. The lowest BCUT2D eigenvalue weighted by molar-refractivity contribution is -0.302. The van der Waals surface area contributed by atoms with Crippen molar-refractivity contribution in [3.63, 3.8) is 0 Å². The van der Waals surface area contributed by atoms with E-state index in [1.807, 2.05) is 6.08 Å². The number of aliphatic hydroxyl groups is 5. The molecule has 1 saturated heterocycles. The highest BCUT2D eigenvalue weighted by Gasteiger charge is 2.44. The van der Waals surface area contributed by atoms with Crippen molar-refractivity contribution >= 4 is 5.91 Å². The Hall–Kier alpha value is -1.85. The molecule has 0 aromatic rings. The molecule has 9 heteroatoms. The molecule has 0 radical (unpaired) electrons. The van der Waals surface area contributed by atoms with E-state index in [1.165, 1.54) is 64.2 Å². The Balaban J connectivity index is 2.47. The van der Waals surface area contributed by atoms with Crippen LogP contribution in [0.2, 0.25) is 0 Å². The van der Waals surface area contributed by atoms with Gasteiger partial charge in [-0.1, -0.05) is 140 Å². The van der Waals surface area contributed by atoms with Crippen molar-refractivity contribution in [2.24, 2.45) is 0 Å². The smallest absolute Gasteiger partial charge is 0.220 e. The van der Waals surface area contributed by atoms with Gasteiger partial charge in [-0.25, -0.2) is 0 Å². The molecule has 7 unspecified atom stereocenters. The van der Waals surface area contributed by atoms with Crippen LogP contribution < -0.4 is 5.32 Å². The van der Waals surface area contributed by atoms with Crippen LogP contribution in [0.1, 0.15) is 155 Å². The molecule has 0 saturated carbocycles. The molecular weight excluding hydrogens is 646 g/mol. The number of nitrogens with one attached hydrogen (secondary N) is 1. The second-order valence-corrected chi connectivity index (χ2v) is 14.1. The normalized spacial score (nSPS) is 22.5. The van der Waals surface area contributed by atoms with E-state index in [9.17, 15) is 30.3 Å². The highest BCUT2D eigenvalue weighted by Crippen LogP contribution is 2.22. The van der Waals surface area contributed by atoms with Crippen LogP contribution in [0.15, 0.2) is 48.6 Å². The number of hydrogen-bond donors (Lipinski definition) is 6. The Morgan fingerprint density at radius 1 is 0.667 bits per heavy atom. The van der Waals surface area contributed by atoms with Crippen LogP contribution in [0.4, 0.5) is 0 Å². The Labute approximate surface area is 310 Å². The Bertz CT molecular complexity index is 936. The lowest BCUT2D eigenvalue weighted by Gasteiger charge is -2.40. The van der Waals surface area contributed by atoms with E-state index >= 15 is 0 Å². The van der Waals surface area contributed by atoms with Gasteiger partial charge in [-0.2, -0.15) is 0 Å². The third kappa shape index (κ3) is 24.2. The Morgan fingerprint density at radius 3 is 1.84 bits per heavy atom. The van der Waals surface area contributed by atoms with Gasteiger partial charge in [0, 0.05) is 6.42 Å². The van der Waals surface area contributed by atoms with Crippen LogP contribution in [0.3, 0.4) is 0 Å². The molecule has 6 N–H and O–H groups in total. The van der Waals surface area contributed by atoms with Gasteiger partial charge in [0.1, 0.15) is 24.4 Å². The number of allylic oxidation sites excluding steroid dienone is 7. The van der Waals surface area contributed by atoms with Crippen LogP contribution >= 0.6 is 0 Å². The van der Waals surface area contributed by atoms with Crippen molar-refractivity contribution in [2.75, 3.05) is 13.2 Å². The zero-order chi connectivity index (χ0) is 37.4. The standard InChI is InChI=1S/C42H75NO8/c1-3-5-7-9-11-13-15-17-18-20-21-23-25-27-29-31-36(45)35(34-50-42-41(49)40(48)39(47)37(33-44)51-42)43-38(46)32-30-28-26-24-22-19-16-14-12-10-8-6-4-2/h8,10,14,16,21,23,29,31,35-37,39-42,44-45,47-49H,3-7,9,11-13,15,17-20,22,24-28,30,32-34H2,1-2H3,(H,43,46)/b10-8-,16-14-,23-21+,31-29+. The van der Waals surface area contributed by atoms with Gasteiger partial charge in [0.25, 0.3) is 0 Å². The molecule has 296 valence electrons. The molecule has 0 aromatic heterocycles. The molecule has 1 fully saturated rings. The zero-order valence-corrected chi connectivity index (χ0v) is 32.1. The fraction of sp³-hybridized carbons (Fsp3) is 0.786. The summed E-state index contributed by atoms with van der Waals surface area (Å²) in [6.07, 6.45) is 32.9. The lowest BCUT2D eigenvalue weighted by Crippen LogP contribution is -2.60. The number of amides is 1. The van der Waals surface area contributed by atoms with Crippen molar-refractivity contribution in [1.82, 2.24) is 5.32 Å². The van der Waals surface area contributed by atoms with Gasteiger partial charge in [0.2, 0.25) is 5.91 Å². The van der Waals surface area contributed by atoms with Crippen LogP contribution in [0, 0.1) is 0 Å². The fourth-order valence-corrected chi connectivity index (χ4v) is 6.03. The predicted molar refractivity (Wildman–Crippen MR) is 207 cm³/mol. The van der Waals surface area contributed by atoms with Crippen LogP contribution in [-0.4, -0.2) is 87.5 Å². The molecule has 7 atom stereocenters. The van der Waals surface area contributed by atoms with Crippen molar-refractivity contribution < 1.29 is 39.8 Å². The fourth-order valence-electron chi connectivity index (χ4n) is 6.03. The molecule has 0 aliphatic carbocycles. The number of aliphatic hydroxyl groups excluding tert-OH is 5. The first kappa shape index (κ1) is 47.2. The van der Waals surface area contributed by atoms with Gasteiger partial charge in [0.15, 0.2) is 6.29 Å². The van der Waals surface area contributed by atoms with Gasteiger partial charge in [0.05, 0.1) is 25.4 Å². The highest BCUT2D eigenvalue weighted by atomic mass is 16.7. The SMILES string of the molecule is CCC/C=C\C/C=C\CCCCCCCC(=O)NC(COC1OC(CO)C(O)C(O)C1O)C(O)/C=C/CC/C=C/CCCCCCCCCCC. The van der Waals surface area contributed by atoms with Gasteiger partial charge < -0.3 is 40.3 Å². The maximum Gasteiger partial charge on any atom is 0.220 e. The minimum absolute atomic E-state index is 0.205. The number of carbonyl (C=O) groups excluding carboxylic acids is 1. The van der Waals surface area contributed by atoms with Crippen LogP contribution in [0.25, 0.3) is 0 Å². The first-order valence-electron chi connectivity index (χ1n) is 20.4. The molecule has 51 heavy (non-hydrogen) atoms. The molecule has 0 spiro atoms. The van der Waals surface area contributed by atoms with Crippen molar-refractivity contribution in [1.29, 1.82) is 0 Å². The lowest BCUT2D eigenvalue weighted by atomic mass is 9.99. The molecule has 1 heterocycles. The summed E-state index contributed by atoms with van der Waals surface area (Å²) in [5, 5.41) is 53.9. The van der Waals surface area contributed by atoms with E-state index in [1.54, 1.807) is 6.08 Å². The molecule has 1 aliphatic rings. The first-order valence-corrected chi connectivity index (χ1v) is 20.4. The summed E-state index contributed by atoms with van der Waals surface area (Å²) in [5.41, 5.74) is 0. The van der Waals surface area contributed by atoms with E-state index in [0.29, 0.717) is 6.42 Å². The minimum atomic E-state index is -1.57. The first-order chi connectivity index (χ1) is 24.8. The third-order valence-electron chi connectivity index (χ3n) is 9.36. The predicted octanol–water partition coefficient (Wildman–Crippen LogP) is 7.50. The largest absolute Gasteiger partial charge is 0.394 e. The van der Waals surface area contributed by atoms with E-state index in [4.69, 9.17) is 9.47 Å². The topological polar surface area (TPSA) is 149 Å². The molecule has 1 aliphatic heterocycles. The monoisotopic (exact) mass is 722 g/mol. The van der Waals surface area contributed by atoms with Crippen molar-refractivity contribution in [3.8, 4) is 0 Å². The number of rotatable bonds is 32. The molecule has 0 aromatic carbocycles. The number of unbranched alkanes of at least 4 members (excludes halogenated alkanes) is 16. The molecule has 1 rings (SSSR count). The third-order valence-corrected chi connectivity index (χ3v) is 9.36. The van der Waals surface area contributed by atoms with Crippen molar-refractivity contribution in [3.05, 3.63) is 48.6 Å². The number of hydrogen-bond acceptors (Lipinski definition) is 8. The molecule has 9 nitrogen and oxygen atoms in total. The zero-order valence-electron chi connectivity index (χ0n) is 32.1. The summed E-state index contributed by atoms with van der Waals surface area (Å²) in [6, 6.07) is -0.827. The number of ether oxygens (including phenoxy) is 2. The second kappa shape index (κ2) is 32.8. The van der Waals surface area contributed by atoms with E-state index < -0.39 is 49.5 Å². The van der Waals surface area contributed by atoms with Gasteiger partial charge in [-0.3, -0.25) is 4.79 Å². The second-order valence-electron chi connectivity index (χ2n) is 14.1. The van der Waals surface area contributed by atoms with Gasteiger partial charge in [-0.05, 0) is 57.8 Å². The average molecular weight is 722 g/mol. The maximum absolute atomic E-state index is 12.9. The van der Waals surface area contributed by atoms with E-state index in [2.05, 4.69) is 55.6 Å². The quantitative estimate of drug-likeness (QED) is 0.0309. The summed E-state index contributed by atoms with van der Waals surface area (Å²) in [6.45, 7) is 3.65. The van der Waals surface area contributed by atoms with E-state index in [0.717, 1.165) is 70.6 Å². The van der Waals surface area contributed by atoms with Crippen LogP contribution in [0.5, 0.6) is 0 Å². The minimum Gasteiger partial charge on any atom is -0.394 e. The number of carbonyl (C=O) groups is 1. The Morgan fingerprint density at radius 2 is 1.22 bits per heavy atom.